The van der Waals surface area contributed by atoms with Crippen LogP contribution in [0.3, 0.4) is 0 Å². The number of hydrogen-bond donors (Lipinski definition) is 2. The number of aromatic nitrogens is 2. The minimum Gasteiger partial charge on any atom is -0.494 e. The molecule has 0 saturated carbocycles. The normalized spacial score (nSPS) is 17.0. The lowest BCUT2D eigenvalue weighted by Gasteiger charge is -2.36. The van der Waals surface area contributed by atoms with Crippen molar-refractivity contribution >= 4 is 23.0 Å². The Morgan fingerprint density at radius 2 is 2.00 bits per heavy atom. The summed E-state index contributed by atoms with van der Waals surface area (Å²) in [6.07, 6.45) is 8.55. The third-order valence-electron chi connectivity index (χ3n) is 5.12. The lowest BCUT2D eigenvalue weighted by molar-refractivity contribution is 0.309. The Labute approximate surface area is 162 Å². The number of hydrogen-bond acceptors (Lipinski definition) is 6. The van der Waals surface area contributed by atoms with Gasteiger partial charge in [0.25, 0.3) is 0 Å². The van der Waals surface area contributed by atoms with Crippen molar-refractivity contribution < 1.29 is 4.74 Å². The molecule has 2 aromatic rings. The van der Waals surface area contributed by atoms with Crippen LogP contribution in [0.1, 0.15) is 52.4 Å². The van der Waals surface area contributed by atoms with Crippen LogP contribution in [0.4, 0.5) is 23.0 Å². The summed E-state index contributed by atoms with van der Waals surface area (Å²) in [5, 5.41) is 3.32. The van der Waals surface area contributed by atoms with Gasteiger partial charge in [-0.25, -0.2) is 9.97 Å². The zero-order chi connectivity index (χ0) is 19.1. The van der Waals surface area contributed by atoms with E-state index in [1.54, 1.807) is 6.33 Å². The summed E-state index contributed by atoms with van der Waals surface area (Å²) >= 11 is 0. The van der Waals surface area contributed by atoms with Crippen molar-refractivity contribution in [3.63, 3.8) is 0 Å². The summed E-state index contributed by atoms with van der Waals surface area (Å²) in [6, 6.07) is 8.40. The van der Waals surface area contributed by atoms with Gasteiger partial charge < -0.3 is 20.7 Å². The van der Waals surface area contributed by atoms with E-state index in [4.69, 9.17) is 10.5 Å². The van der Waals surface area contributed by atoms with Crippen LogP contribution in [0.2, 0.25) is 0 Å². The molecule has 0 aliphatic carbocycles. The monoisotopic (exact) mass is 369 g/mol. The van der Waals surface area contributed by atoms with Crippen LogP contribution < -0.4 is 20.7 Å². The quantitative estimate of drug-likeness (QED) is 0.654. The summed E-state index contributed by atoms with van der Waals surface area (Å²) in [5.74, 6) is 2.38. The van der Waals surface area contributed by atoms with Gasteiger partial charge in [0.15, 0.2) is 11.6 Å². The highest BCUT2D eigenvalue weighted by atomic mass is 16.5. The van der Waals surface area contributed by atoms with Crippen molar-refractivity contribution in [3.8, 4) is 5.75 Å². The van der Waals surface area contributed by atoms with Crippen molar-refractivity contribution in [2.45, 2.75) is 58.4 Å². The number of anilines is 4. The van der Waals surface area contributed by atoms with Gasteiger partial charge in [-0.15, -0.1) is 0 Å². The van der Waals surface area contributed by atoms with E-state index in [0.717, 1.165) is 49.7 Å². The van der Waals surface area contributed by atoms with Crippen LogP contribution in [-0.4, -0.2) is 29.2 Å². The summed E-state index contributed by atoms with van der Waals surface area (Å²) in [6.45, 7) is 6.13. The molecule has 1 aromatic carbocycles. The fraction of sp³-hybridized carbons (Fsp3) is 0.524. The van der Waals surface area contributed by atoms with Crippen molar-refractivity contribution in [2.75, 3.05) is 29.1 Å². The highest BCUT2D eigenvalue weighted by Crippen LogP contribution is 2.33. The van der Waals surface area contributed by atoms with Crippen LogP contribution >= 0.6 is 0 Å². The smallest absolute Gasteiger partial charge is 0.159 e. The standard InChI is InChI=1S/C21H31N5O/c1-3-5-14-27-18-11-9-16(10-12-18)25-20-19(22)21(24-15-23-20)26-13-7-6-8-17(26)4-2/h9-12,15,17H,3-8,13-14,22H2,1-2H3,(H,23,24,25). The van der Waals surface area contributed by atoms with Gasteiger partial charge in [-0.3, -0.25) is 0 Å². The third-order valence-corrected chi connectivity index (χ3v) is 5.12. The van der Waals surface area contributed by atoms with Gasteiger partial charge in [0.2, 0.25) is 0 Å². The van der Waals surface area contributed by atoms with Crippen LogP contribution in [0.25, 0.3) is 0 Å². The molecule has 1 aromatic heterocycles. The molecule has 1 unspecified atom stereocenters. The minimum absolute atomic E-state index is 0.503. The highest BCUT2D eigenvalue weighted by molar-refractivity contribution is 5.78. The highest BCUT2D eigenvalue weighted by Gasteiger charge is 2.24. The Morgan fingerprint density at radius 1 is 1.19 bits per heavy atom. The average molecular weight is 370 g/mol. The molecule has 1 aliphatic heterocycles. The molecular weight excluding hydrogens is 338 g/mol. The number of rotatable bonds is 8. The van der Waals surface area contributed by atoms with Crippen LogP contribution in [0, 0.1) is 0 Å². The maximum Gasteiger partial charge on any atom is 0.159 e. The topological polar surface area (TPSA) is 76.3 Å². The van der Waals surface area contributed by atoms with E-state index < -0.39 is 0 Å². The molecule has 27 heavy (non-hydrogen) atoms. The fourth-order valence-corrected chi connectivity index (χ4v) is 3.52. The molecule has 3 N–H and O–H groups in total. The van der Waals surface area contributed by atoms with E-state index in [2.05, 4.69) is 34.0 Å². The maximum atomic E-state index is 6.44. The van der Waals surface area contributed by atoms with Gasteiger partial charge in [0.05, 0.1) is 6.61 Å². The van der Waals surface area contributed by atoms with E-state index in [1.165, 1.54) is 19.3 Å². The van der Waals surface area contributed by atoms with E-state index in [-0.39, 0.29) is 0 Å². The number of nitrogens with zero attached hydrogens (tertiary/aromatic N) is 3. The first-order chi connectivity index (χ1) is 13.2. The summed E-state index contributed by atoms with van der Waals surface area (Å²) in [4.78, 5) is 11.2. The first kappa shape index (κ1) is 19.3. The number of nitrogen functional groups attached to an aromatic ring is 1. The molecule has 3 rings (SSSR count). The van der Waals surface area contributed by atoms with Crippen LogP contribution in [0.15, 0.2) is 30.6 Å². The second-order valence-electron chi connectivity index (χ2n) is 7.06. The summed E-state index contributed by atoms with van der Waals surface area (Å²) in [5.41, 5.74) is 7.98. The molecule has 146 valence electrons. The Bertz CT molecular complexity index is 719. The van der Waals surface area contributed by atoms with E-state index >= 15 is 0 Å². The Morgan fingerprint density at radius 3 is 2.74 bits per heavy atom. The molecule has 1 atom stereocenters. The fourth-order valence-electron chi connectivity index (χ4n) is 3.52. The molecule has 0 radical (unpaired) electrons. The second-order valence-corrected chi connectivity index (χ2v) is 7.06. The lowest BCUT2D eigenvalue weighted by atomic mass is 10.00. The molecule has 1 saturated heterocycles. The third kappa shape index (κ3) is 4.81. The Kier molecular flexibility index (Phi) is 6.74. The first-order valence-electron chi connectivity index (χ1n) is 10.1. The number of nitrogens with one attached hydrogen (secondary N) is 1. The zero-order valence-electron chi connectivity index (χ0n) is 16.4. The number of piperidine rings is 1. The lowest BCUT2D eigenvalue weighted by Crippen LogP contribution is -2.40. The molecule has 0 amide bonds. The molecule has 0 bridgehead atoms. The van der Waals surface area contributed by atoms with Crippen molar-refractivity contribution in [3.05, 3.63) is 30.6 Å². The predicted octanol–water partition coefficient (Wildman–Crippen LogP) is 4.75. The van der Waals surface area contributed by atoms with Crippen LogP contribution in [-0.2, 0) is 0 Å². The Balaban J connectivity index is 1.72. The predicted molar refractivity (Wildman–Crippen MR) is 112 cm³/mol. The second kappa shape index (κ2) is 9.44. The van der Waals surface area contributed by atoms with Crippen molar-refractivity contribution in [1.29, 1.82) is 0 Å². The molecular formula is C21H31N5O. The minimum atomic E-state index is 0.503. The zero-order valence-corrected chi connectivity index (χ0v) is 16.4. The van der Waals surface area contributed by atoms with Crippen molar-refractivity contribution in [2.24, 2.45) is 0 Å². The van der Waals surface area contributed by atoms with E-state index in [1.807, 2.05) is 24.3 Å². The molecule has 1 fully saturated rings. The average Bonchev–Trinajstić information content (AvgIpc) is 2.71. The summed E-state index contributed by atoms with van der Waals surface area (Å²) < 4.78 is 5.71. The summed E-state index contributed by atoms with van der Waals surface area (Å²) in [7, 11) is 0. The van der Waals surface area contributed by atoms with Gasteiger partial charge in [0.1, 0.15) is 17.8 Å². The molecule has 1 aliphatic rings. The van der Waals surface area contributed by atoms with Gasteiger partial charge in [-0.05, 0) is 56.4 Å². The first-order valence-corrected chi connectivity index (χ1v) is 10.1. The number of ether oxygens (including phenoxy) is 1. The Hall–Kier alpha value is -2.50. The van der Waals surface area contributed by atoms with Gasteiger partial charge in [-0.2, -0.15) is 0 Å². The van der Waals surface area contributed by atoms with Gasteiger partial charge in [-0.1, -0.05) is 20.3 Å². The van der Waals surface area contributed by atoms with Gasteiger partial charge in [0, 0.05) is 18.3 Å². The van der Waals surface area contributed by atoms with E-state index in [9.17, 15) is 0 Å². The molecule has 2 heterocycles. The number of benzene rings is 1. The molecule has 0 spiro atoms. The molecule has 6 heteroatoms. The number of unbranched alkanes of at least 4 members (excludes halogenated alkanes) is 1. The van der Waals surface area contributed by atoms with Gasteiger partial charge >= 0.3 is 0 Å². The van der Waals surface area contributed by atoms with E-state index in [0.29, 0.717) is 17.5 Å². The number of nitrogens with two attached hydrogens (primary N) is 1. The van der Waals surface area contributed by atoms with Crippen molar-refractivity contribution in [1.82, 2.24) is 9.97 Å². The maximum absolute atomic E-state index is 6.44. The largest absolute Gasteiger partial charge is 0.494 e. The molecule has 6 nitrogen and oxygen atoms in total. The SMILES string of the molecule is CCCCOc1ccc(Nc2ncnc(N3CCCCC3CC)c2N)cc1. The van der Waals surface area contributed by atoms with Crippen LogP contribution in [0.5, 0.6) is 5.75 Å².